The fourth-order valence-electron chi connectivity index (χ4n) is 0.794. The smallest absolute Gasteiger partial charge is 0.108 e. The largest absolute Gasteiger partial charge is 0.389 e. The van der Waals surface area contributed by atoms with Crippen molar-refractivity contribution >= 4 is 43.2 Å². The molecule has 0 aromatic carbocycles. The van der Waals surface area contributed by atoms with Gasteiger partial charge in [0.05, 0.1) is 6.10 Å². The van der Waals surface area contributed by atoms with E-state index in [1.54, 1.807) is 0 Å². The van der Waals surface area contributed by atoms with E-state index in [9.17, 15) is 10.2 Å². The van der Waals surface area contributed by atoms with Crippen molar-refractivity contribution in [3.05, 3.63) is 20.8 Å². The van der Waals surface area contributed by atoms with Gasteiger partial charge in [-0.05, 0) is 21.3 Å². The van der Waals surface area contributed by atoms with Crippen molar-refractivity contribution in [2.75, 3.05) is 5.33 Å². The predicted octanol–water partition coefficient (Wildman–Crippen LogP) is 2.30. The van der Waals surface area contributed by atoms with E-state index in [2.05, 4.69) is 31.9 Å². The molecule has 0 amide bonds. The molecule has 2 N–H and O–H groups in total. The summed E-state index contributed by atoms with van der Waals surface area (Å²) in [6.07, 6.45) is -1.57. The quantitative estimate of drug-likeness (QED) is 0.840. The SMILES string of the molecule is OC(CBr)C(O)c1cscc1Br. The van der Waals surface area contributed by atoms with Crippen LogP contribution in [0.5, 0.6) is 0 Å². The van der Waals surface area contributed by atoms with Gasteiger partial charge in [-0.25, -0.2) is 0 Å². The summed E-state index contributed by atoms with van der Waals surface area (Å²) < 4.78 is 0.847. The monoisotopic (exact) mass is 314 g/mol. The van der Waals surface area contributed by atoms with Crippen molar-refractivity contribution < 1.29 is 10.2 Å². The number of hydrogen-bond acceptors (Lipinski definition) is 3. The maximum absolute atomic E-state index is 9.56. The predicted molar refractivity (Wildman–Crippen MR) is 56.8 cm³/mol. The zero-order chi connectivity index (χ0) is 9.14. The highest BCUT2D eigenvalue weighted by atomic mass is 79.9. The first kappa shape index (κ1) is 10.7. The zero-order valence-corrected chi connectivity index (χ0v) is 10.1. The highest BCUT2D eigenvalue weighted by molar-refractivity contribution is 9.10. The lowest BCUT2D eigenvalue weighted by Crippen LogP contribution is -2.19. The summed E-state index contributed by atoms with van der Waals surface area (Å²) in [6.45, 7) is 0. The molecule has 1 rings (SSSR count). The van der Waals surface area contributed by atoms with Crippen LogP contribution in [0.2, 0.25) is 0 Å². The lowest BCUT2D eigenvalue weighted by molar-refractivity contribution is 0.0341. The van der Waals surface area contributed by atoms with Crippen molar-refractivity contribution in [1.29, 1.82) is 0 Å². The fraction of sp³-hybridized carbons (Fsp3) is 0.429. The molecule has 0 fully saturated rings. The molecule has 2 unspecified atom stereocenters. The third-order valence-corrected chi connectivity index (χ3v) is 3.90. The third-order valence-electron chi connectivity index (χ3n) is 1.48. The van der Waals surface area contributed by atoms with Crippen LogP contribution >= 0.6 is 43.2 Å². The molecule has 2 atom stereocenters. The van der Waals surface area contributed by atoms with Crippen LogP contribution in [0.4, 0.5) is 0 Å². The Morgan fingerprint density at radius 2 is 2.08 bits per heavy atom. The summed E-state index contributed by atoms with van der Waals surface area (Å²) in [4.78, 5) is 0. The molecule has 0 saturated heterocycles. The Balaban J connectivity index is 2.77. The van der Waals surface area contributed by atoms with Crippen LogP contribution < -0.4 is 0 Å². The lowest BCUT2D eigenvalue weighted by atomic mass is 10.1. The molecule has 5 heteroatoms. The Labute approximate surface area is 91.5 Å². The molecule has 12 heavy (non-hydrogen) atoms. The summed E-state index contributed by atoms with van der Waals surface area (Å²) in [7, 11) is 0. The van der Waals surface area contributed by atoms with Gasteiger partial charge >= 0.3 is 0 Å². The van der Waals surface area contributed by atoms with Gasteiger partial charge in [0.2, 0.25) is 0 Å². The number of rotatable bonds is 3. The van der Waals surface area contributed by atoms with Gasteiger partial charge < -0.3 is 10.2 Å². The van der Waals surface area contributed by atoms with Gasteiger partial charge in [0.15, 0.2) is 0 Å². The average Bonchev–Trinajstić information content (AvgIpc) is 2.48. The first-order valence-corrected chi connectivity index (χ1v) is 6.16. The number of aliphatic hydroxyl groups excluding tert-OH is 2. The van der Waals surface area contributed by atoms with Crippen molar-refractivity contribution in [3.8, 4) is 0 Å². The fourth-order valence-corrected chi connectivity index (χ4v) is 2.71. The summed E-state index contributed by atoms with van der Waals surface area (Å²) in [5.41, 5.74) is 0.743. The van der Waals surface area contributed by atoms with Crippen molar-refractivity contribution in [2.45, 2.75) is 12.2 Å². The molecule has 1 aromatic heterocycles. The molecular weight excluding hydrogens is 308 g/mol. The Bertz CT molecular complexity index is 251. The van der Waals surface area contributed by atoms with Gasteiger partial charge in [-0.15, -0.1) is 0 Å². The molecule has 0 spiro atoms. The Kier molecular flexibility index (Phi) is 4.19. The highest BCUT2D eigenvalue weighted by Crippen LogP contribution is 2.29. The van der Waals surface area contributed by atoms with Crippen molar-refractivity contribution in [2.24, 2.45) is 0 Å². The Morgan fingerprint density at radius 1 is 1.42 bits per heavy atom. The van der Waals surface area contributed by atoms with E-state index in [0.717, 1.165) is 10.0 Å². The Hall–Kier alpha value is 0.580. The number of thiophene rings is 1. The zero-order valence-electron chi connectivity index (χ0n) is 6.08. The molecule has 68 valence electrons. The van der Waals surface area contributed by atoms with Gasteiger partial charge in [0, 0.05) is 20.7 Å². The molecule has 0 aliphatic heterocycles. The standard InChI is InChI=1S/C7H8Br2O2S/c8-1-6(10)7(11)4-2-12-3-5(4)9/h2-3,6-7,10-11H,1H2. The molecule has 2 nitrogen and oxygen atoms in total. The normalized spacial score (nSPS) is 16.0. The maximum Gasteiger partial charge on any atom is 0.108 e. The molecule has 1 aromatic rings. The molecule has 0 saturated carbocycles. The maximum atomic E-state index is 9.56. The second kappa shape index (κ2) is 4.72. The first-order valence-electron chi connectivity index (χ1n) is 3.30. The van der Waals surface area contributed by atoms with E-state index in [1.807, 2.05) is 10.8 Å². The van der Waals surface area contributed by atoms with Gasteiger partial charge in [-0.3, -0.25) is 0 Å². The van der Waals surface area contributed by atoms with E-state index >= 15 is 0 Å². The summed E-state index contributed by atoms with van der Waals surface area (Å²) in [6, 6.07) is 0. The van der Waals surface area contributed by atoms with Crippen LogP contribution in [-0.4, -0.2) is 21.6 Å². The van der Waals surface area contributed by atoms with Crippen LogP contribution in [-0.2, 0) is 0 Å². The van der Waals surface area contributed by atoms with E-state index in [0.29, 0.717) is 5.33 Å². The Morgan fingerprint density at radius 3 is 2.50 bits per heavy atom. The highest BCUT2D eigenvalue weighted by Gasteiger charge is 2.19. The second-order valence-corrected chi connectivity index (χ2v) is 4.59. The minimum absolute atomic E-state index is 0.371. The van der Waals surface area contributed by atoms with Crippen molar-refractivity contribution in [3.63, 3.8) is 0 Å². The summed E-state index contributed by atoms with van der Waals surface area (Å²) in [5, 5.41) is 22.9. The molecular formula is C7H8Br2O2S. The van der Waals surface area contributed by atoms with E-state index in [4.69, 9.17) is 0 Å². The van der Waals surface area contributed by atoms with E-state index in [-0.39, 0.29) is 0 Å². The van der Waals surface area contributed by atoms with Gasteiger partial charge in [0.1, 0.15) is 6.10 Å². The molecule has 0 aliphatic rings. The van der Waals surface area contributed by atoms with Gasteiger partial charge in [0.25, 0.3) is 0 Å². The van der Waals surface area contributed by atoms with Gasteiger partial charge in [-0.2, -0.15) is 11.3 Å². The van der Waals surface area contributed by atoms with Crippen LogP contribution in [0.3, 0.4) is 0 Å². The molecule has 0 radical (unpaired) electrons. The number of alkyl halides is 1. The van der Waals surface area contributed by atoms with Crippen molar-refractivity contribution in [1.82, 2.24) is 0 Å². The minimum atomic E-state index is -0.815. The third kappa shape index (κ3) is 2.29. The first-order chi connectivity index (χ1) is 5.66. The number of hydrogen-bond donors (Lipinski definition) is 2. The summed E-state index contributed by atoms with van der Waals surface area (Å²) in [5.74, 6) is 0. The van der Waals surface area contributed by atoms with Crippen LogP contribution in [0, 0.1) is 0 Å². The molecule has 0 bridgehead atoms. The van der Waals surface area contributed by atoms with Crippen LogP contribution in [0.1, 0.15) is 11.7 Å². The second-order valence-electron chi connectivity index (χ2n) is 2.34. The van der Waals surface area contributed by atoms with Crippen LogP contribution in [0.25, 0.3) is 0 Å². The molecule has 0 aliphatic carbocycles. The lowest BCUT2D eigenvalue weighted by Gasteiger charge is -2.14. The van der Waals surface area contributed by atoms with E-state index < -0.39 is 12.2 Å². The summed E-state index contributed by atoms with van der Waals surface area (Å²) >= 11 is 7.88. The van der Waals surface area contributed by atoms with Gasteiger partial charge in [-0.1, -0.05) is 15.9 Å². The number of aliphatic hydroxyl groups is 2. The van der Waals surface area contributed by atoms with E-state index in [1.165, 1.54) is 11.3 Å². The topological polar surface area (TPSA) is 40.5 Å². The minimum Gasteiger partial charge on any atom is -0.389 e. The van der Waals surface area contributed by atoms with Crippen LogP contribution in [0.15, 0.2) is 15.2 Å². The molecule has 1 heterocycles. The number of halogens is 2. The average molecular weight is 316 g/mol.